The molecule has 1 heterocycles. The van der Waals surface area contributed by atoms with Crippen molar-refractivity contribution >= 4 is 5.82 Å². The topological polar surface area (TPSA) is 24.9 Å². The molecule has 94 valence electrons. The Hall–Kier alpha value is -1.26. The Kier molecular flexibility index (Phi) is 3.02. The molecule has 0 saturated heterocycles. The van der Waals surface area contributed by atoms with Crippen molar-refractivity contribution in [1.29, 1.82) is 0 Å². The summed E-state index contributed by atoms with van der Waals surface area (Å²) in [6.45, 7) is 2.82. The van der Waals surface area contributed by atoms with Crippen molar-refractivity contribution in [2.75, 3.05) is 11.9 Å². The van der Waals surface area contributed by atoms with Crippen molar-refractivity contribution in [2.24, 2.45) is 5.41 Å². The normalized spacial score (nSPS) is 18.6. The molecule has 0 spiro atoms. The summed E-state index contributed by atoms with van der Waals surface area (Å²) in [6.07, 6.45) is 0.333. The predicted octanol–water partition coefficient (Wildman–Crippen LogP) is 3.70. The standard InChI is InChI=1S/C12H15F3N2/c1-11(4-2-5-11)8-17-10-7-9(3-6-16-10)12(13,14)15/h3,6-7H,2,4-5,8H2,1H3,(H,16,17). The molecule has 1 aliphatic rings. The number of hydrogen-bond donors (Lipinski definition) is 1. The molecule has 0 atom stereocenters. The Bertz CT molecular complexity index is 397. The summed E-state index contributed by atoms with van der Waals surface area (Å²) >= 11 is 0. The summed E-state index contributed by atoms with van der Waals surface area (Å²) in [6, 6.07) is 2.04. The maximum atomic E-state index is 12.5. The van der Waals surface area contributed by atoms with Gasteiger partial charge in [0.1, 0.15) is 5.82 Å². The van der Waals surface area contributed by atoms with Gasteiger partial charge in [-0.25, -0.2) is 4.98 Å². The second kappa shape index (κ2) is 4.20. The Morgan fingerprint density at radius 3 is 2.65 bits per heavy atom. The minimum atomic E-state index is -4.31. The Labute approximate surface area is 98.2 Å². The van der Waals surface area contributed by atoms with Gasteiger partial charge in [-0.1, -0.05) is 13.3 Å². The largest absolute Gasteiger partial charge is 0.416 e. The van der Waals surface area contributed by atoms with Crippen molar-refractivity contribution in [3.63, 3.8) is 0 Å². The van der Waals surface area contributed by atoms with E-state index >= 15 is 0 Å². The quantitative estimate of drug-likeness (QED) is 0.876. The van der Waals surface area contributed by atoms with Crippen molar-refractivity contribution in [3.8, 4) is 0 Å². The number of hydrogen-bond acceptors (Lipinski definition) is 2. The first-order valence-electron chi connectivity index (χ1n) is 5.66. The summed E-state index contributed by atoms with van der Waals surface area (Å²) < 4.78 is 37.4. The Morgan fingerprint density at radius 2 is 2.12 bits per heavy atom. The van der Waals surface area contributed by atoms with Gasteiger partial charge in [-0.3, -0.25) is 0 Å². The van der Waals surface area contributed by atoms with Gasteiger partial charge in [0.05, 0.1) is 5.56 Å². The van der Waals surface area contributed by atoms with E-state index in [9.17, 15) is 13.2 Å². The molecule has 1 saturated carbocycles. The molecule has 0 aliphatic heterocycles. The average molecular weight is 244 g/mol. The molecule has 2 rings (SSSR count). The first-order valence-corrected chi connectivity index (χ1v) is 5.66. The molecule has 17 heavy (non-hydrogen) atoms. The summed E-state index contributed by atoms with van der Waals surface area (Å²) in [4.78, 5) is 3.90. The zero-order chi connectivity index (χ0) is 12.5. The minimum absolute atomic E-state index is 0.218. The number of alkyl halides is 3. The number of rotatable bonds is 3. The van der Waals surface area contributed by atoms with Crippen LogP contribution >= 0.6 is 0 Å². The highest BCUT2D eigenvalue weighted by Gasteiger charge is 2.32. The van der Waals surface area contributed by atoms with Crippen molar-refractivity contribution in [2.45, 2.75) is 32.4 Å². The molecule has 0 aromatic carbocycles. The number of aromatic nitrogens is 1. The molecule has 1 aliphatic carbocycles. The van der Waals surface area contributed by atoms with Crippen LogP contribution in [-0.2, 0) is 6.18 Å². The van der Waals surface area contributed by atoms with Crippen LogP contribution in [-0.4, -0.2) is 11.5 Å². The lowest BCUT2D eigenvalue weighted by Crippen LogP contribution is -2.33. The summed E-state index contributed by atoms with van der Waals surface area (Å²) in [5.41, 5.74) is -0.440. The van der Waals surface area contributed by atoms with Crippen molar-refractivity contribution < 1.29 is 13.2 Å². The zero-order valence-corrected chi connectivity index (χ0v) is 9.64. The predicted molar refractivity (Wildman–Crippen MR) is 59.7 cm³/mol. The van der Waals surface area contributed by atoms with Crippen LogP contribution in [0, 0.1) is 5.41 Å². The monoisotopic (exact) mass is 244 g/mol. The maximum absolute atomic E-state index is 12.5. The number of nitrogens with one attached hydrogen (secondary N) is 1. The third-order valence-electron chi connectivity index (χ3n) is 3.34. The van der Waals surface area contributed by atoms with Crippen LogP contribution in [0.5, 0.6) is 0 Å². The summed E-state index contributed by atoms with van der Waals surface area (Å²) in [5, 5.41) is 2.99. The van der Waals surface area contributed by atoms with Gasteiger partial charge < -0.3 is 5.32 Å². The minimum Gasteiger partial charge on any atom is -0.370 e. The van der Waals surface area contributed by atoms with Crippen LogP contribution in [0.1, 0.15) is 31.7 Å². The van der Waals surface area contributed by atoms with Gasteiger partial charge in [-0.15, -0.1) is 0 Å². The smallest absolute Gasteiger partial charge is 0.370 e. The molecule has 1 aromatic rings. The zero-order valence-electron chi connectivity index (χ0n) is 9.64. The van der Waals surface area contributed by atoms with Gasteiger partial charge in [0.25, 0.3) is 0 Å². The first kappa shape index (κ1) is 12.2. The SMILES string of the molecule is CC1(CNc2cc(C(F)(F)F)ccn2)CCC1. The highest BCUT2D eigenvalue weighted by molar-refractivity contribution is 5.38. The van der Waals surface area contributed by atoms with Gasteiger partial charge in [0.15, 0.2) is 0 Å². The lowest BCUT2D eigenvalue weighted by atomic mass is 9.70. The molecule has 5 heteroatoms. The van der Waals surface area contributed by atoms with Gasteiger partial charge in [0, 0.05) is 12.7 Å². The van der Waals surface area contributed by atoms with Crippen molar-refractivity contribution in [3.05, 3.63) is 23.9 Å². The molecule has 1 fully saturated rings. The van der Waals surface area contributed by atoms with E-state index in [-0.39, 0.29) is 5.41 Å². The van der Waals surface area contributed by atoms with Crippen LogP contribution in [0.25, 0.3) is 0 Å². The van der Waals surface area contributed by atoms with E-state index in [0.717, 1.165) is 25.0 Å². The Morgan fingerprint density at radius 1 is 1.41 bits per heavy atom. The number of halogens is 3. The number of anilines is 1. The van der Waals surface area contributed by atoms with Gasteiger partial charge >= 0.3 is 6.18 Å². The van der Waals surface area contributed by atoms with Crippen LogP contribution in [0.2, 0.25) is 0 Å². The third kappa shape index (κ3) is 2.90. The van der Waals surface area contributed by atoms with Crippen LogP contribution in [0.15, 0.2) is 18.3 Å². The fourth-order valence-corrected chi connectivity index (χ4v) is 1.96. The van der Waals surface area contributed by atoms with Crippen LogP contribution in [0.3, 0.4) is 0 Å². The molecule has 2 nitrogen and oxygen atoms in total. The average Bonchev–Trinajstić information content (AvgIpc) is 2.23. The van der Waals surface area contributed by atoms with E-state index in [0.29, 0.717) is 12.4 Å². The molecule has 0 bridgehead atoms. The van der Waals surface area contributed by atoms with E-state index in [1.165, 1.54) is 12.6 Å². The van der Waals surface area contributed by atoms with E-state index in [4.69, 9.17) is 0 Å². The molecular weight excluding hydrogens is 229 g/mol. The fraction of sp³-hybridized carbons (Fsp3) is 0.583. The third-order valence-corrected chi connectivity index (χ3v) is 3.34. The molecular formula is C12H15F3N2. The lowest BCUT2D eigenvalue weighted by Gasteiger charge is -2.38. The summed E-state index contributed by atoms with van der Waals surface area (Å²) in [5.74, 6) is 0.299. The van der Waals surface area contributed by atoms with E-state index in [1.54, 1.807) is 0 Å². The van der Waals surface area contributed by atoms with Gasteiger partial charge in [-0.2, -0.15) is 13.2 Å². The summed E-state index contributed by atoms with van der Waals surface area (Å²) in [7, 11) is 0. The molecule has 0 amide bonds. The fourth-order valence-electron chi connectivity index (χ4n) is 1.96. The van der Waals surface area contributed by atoms with E-state index < -0.39 is 11.7 Å². The number of nitrogens with zero attached hydrogens (tertiary/aromatic N) is 1. The number of pyridine rings is 1. The van der Waals surface area contributed by atoms with E-state index in [2.05, 4.69) is 17.2 Å². The maximum Gasteiger partial charge on any atom is 0.416 e. The lowest BCUT2D eigenvalue weighted by molar-refractivity contribution is -0.137. The second-order valence-electron chi connectivity index (χ2n) is 4.95. The first-order chi connectivity index (χ1) is 7.89. The molecule has 1 N–H and O–H groups in total. The van der Waals surface area contributed by atoms with Crippen molar-refractivity contribution in [1.82, 2.24) is 4.98 Å². The second-order valence-corrected chi connectivity index (χ2v) is 4.95. The van der Waals surface area contributed by atoms with Crippen LogP contribution < -0.4 is 5.32 Å². The Balaban J connectivity index is 2.01. The molecule has 1 aromatic heterocycles. The highest BCUT2D eigenvalue weighted by Crippen LogP contribution is 2.40. The highest BCUT2D eigenvalue weighted by atomic mass is 19.4. The molecule has 0 unspecified atom stereocenters. The van der Waals surface area contributed by atoms with Gasteiger partial charge in [0.2, 0.25) is 0 Å². The van der Waals surface area contributed by atoms with E-state index in [1.807, 2.05) is 0 Å². The molecule has 0 radical (unpaired) electrons. The van der Waals surface area contributed by atoms with Crippen LogP contribution in [0.4, 0.5) is 19.0 Å². The van der Waals surface area contributed by atoms with Gasteiger partial charge in [-0.05, 0) is 30.4 Å².